The molecule has 0 bridgehead atoms. The lowest BCUT2D eigenvalue weighted by atomic mass is 9.89. The van der Waals surface area contributed by atoms with Gasteiger partial charge in [-0.25, -0.2) is 4.79 Å². The number of hydrogen-bond donors (Lipinski definition) is 3. The minimum atomic E-state index is -0.103. The quantitative estimate of drug-likeness (QED) is 0.585. The lowest BCUT2D eigenvalue weighted by Gasteiger charge is -2.21. The van der Waals surface area contributed by atoms with E-state index in [1.54, 1.807) is 11.8 Å². The Morgan fingerprint density at radius 3 is 2.65 bits per heavy atom. The molecular weight excluding hydrogens is 236 g/mol. The van der Waals surface area contributed by atoms with Gasteiger partial charge in [0.05, 0.1) is 0 Å². The number of thioether (sulfide) groups is 1. The number of aliphatic hydroxyl groups excluding tert-OH is 1. The van der Waals surface area contributed by atoms with Gasteiger partial charge < -0.3 is 15.7 Å². The second-order valence-electron chi connectivity index (χ2n) is 5.18. The number of aliphatic hydroxyl groups is 1. The van der Waals surface area contributed by atoms with E-state index in [0.29, 0.717) is 6.54 Å². The van der Waals surface area contributed by atoms with E-state index in [4.69, 9.17) is 5.11 Å². The summed E-state index contributed by atoms with van der Waals surface area (Å²) in [5, 5.41) is 14.8. The Balaban J connectivity index is 3.58. The number of carbonyl (C=O) groups is 1. The number of hydrogen-bond acceptors (Lipinski definition) is 3. The first-order valence-electron chi connectivity index (χ1n) is 6.05. The molecule has 0 spiro atoms. The van der Waals surface area contributed by atoms with Crippen molar-refractivity contribution in [2.75, 3.05) is 25.2 Å². The van der Waals surface area contributed by atoms with Gasteiger partial charge in [0.2, 0.25) is 0 Å². The average molecular weight is 262 g/mol. The summed E-state index contributed by atoms with van der Waals surface area (Å²) in [5.74, 6) is 0.922. The molecule has 0 aliphatic carbocycles. The van der Waals surface area contributed by atoms with E-state index < -0.39 is 0 Å². The number of nitrogens with one attached hydrogen (secondary N) is 2. The van der Waals surface area contributed by atoms with Crippen LogP contribution < -0.4 is 10.6 Å². The van der Waals surface area contributed by atoms with Gasteiger partial charge in [-0.05, 0) is 31.4 Å². The molecule has 0 saturated carbocycles. The zero-order valence-electron chi connectivity index (χ0n) is 11.4. The fourth-order valence-corrected chi connectivity index (χ4v) is 2.00. The van der Waals surface area contributed by atoms with Crippen LogP contribution in [-0.4, -0.2) is 42.3 Å². The average Bonchev–Trinajstić information content (AvgIpc) is 2.25. The van der Waals surface area contributed by atoms with Crippen molar-refractivity contribution in [3.63, 3.8) is 0 Å². The molecule has 0 aliphatic rings. The van der Waals surface area contributed by atoms with E-state index in [1.165, 1.54) is 0 Å². The number of amides is 2. The molecule has 17 heavy (non-hydrogen) atoms. The monoisotopic (exact) mass is 262 g/mol. The van der Waals surface area contributed by atoms with Crippen LogP contribution in [0.25, 0.3) is 0 Å². The molecule has 0 aliphatic heterocycles. The fraction of sp³-hybridized carbons (Fsp3) is 0.917. The van der Waals surface area contributed by atoms with Crippen molar-refractivity contribution in [2.24, 2.45) is 5.41 Å². The lowest BCUT2D eigenvalue weighted by Crippen LogP contribution is -2.42. The highest BCUT2D eigenvalue weighted by Gasteiger charge is 2.15. The van der Waals surface area contributed by atoms with Crippen molar-refractivity contribution in [3.05, 3.63) is 0 Å². The third-order valence-electron chi connectivity index (χ3n) is 2.54. The highest BCUT2D eigenvalue weighted by atomic mass is 32.2. The maximum absolute atomic E-state index is 11.4. The Hall–Kier alpha value is -0.420. The van der Waals surface area contributed by atoms with Crippen LogP contribution in [0.4, 0.5) is 4.79 Å². The zero-order chi connectivity index (χ0) is 13.3. The predicted octanol–water partition coefficient (Wildman–Crippen LogP) is 1.84. The Morgan fingerprint density at radius 1 is 1.47 bits per heavy atom. The molecule has 102 valence electrons. The molecule has 0 aromatic carbocycles. The van der Waals surface area contributed by atoms with Crippen molar-refractivity contribution in [1.29, 1.82) is 0 Å². The summed E-state index contributed by atoms with van der Waals surface area (Å²) in [7, 11) is 0. The highest BCUT2D eigenvalue weighted by molar-refractivity contribution is 7.98. The zero-order valence-corrected chi connectivity index (χ0v) is 12.2. The van der Waals surface area contributed by atoms with Gasteiger partial charge in [0.25, 0.3) is 0 Å². The summed E-state index contributed by atoms with van der Waals surface area (Å²) < 4.78 is 0. The van der Waals surface area contributed by atoms with Gasteiger partial charge in [-0.3, -0.25) is 0 Å². The van der Waals surface area contributed by atoms with Gasteiger partial charge in [-0.1, -0.05) is 13.8 Å². The first-order chi connectivity index (χ1) is 7.91. The summed E-state index contributed by atoms with van der Waals surface area (Å²) in [6.07, 6.45) is 3.81. The van der Waals surface area contributed by atoms with E-state index in [0.717, 1.165) is 18.6 Å². The van der Waals surface area contributed by atoms with Gasteiger partial charge in [0.15, 0.2) is 0 Å². The van der Waals surface area contributed by atoms with E-state index >= 15 is 0 Å². The summed E-state index contributed by atoms with van der Waals surface area (Å²) in [4.78, 5) is 11.4. The van der Waals surface area contributed by atoms with Crippen molar-refractivity contribution in [2.45, 2.75) is 39.7 Å². The van der Waals surface area contributed by atoms with Crippen LogP contribution in [0.3, 0.4) is 0 Å². The Bertz CT molecular complexity index is 223. The second-order valence-corrected chi connectivity index (χ2v) is 6.09. The van der Waals surface area contributed by atoms with Crippen LogP contribution in [0.2, 0.25) is 0 Å². The molecule has 1 unspecified atom stereocenters. The van der Waals surface area contributed by atoms with E-state index in [2.05, 4.69) is 10.6 Å². The van der Waals surface area contributed by atoms with Crippen LogP contribution in [0.5, 0.6) is 0 Å². The third kappa shape index (κ3) is 9.30. The van der Waals surface area contributed by atoms with Gasteiger partial charge in [-0.15, -0.1) is 0 Å². The molecule has 0 aromatic heterocycles. The van der Waals surface area contributed by atoms with Crippen LogP contribution in [0.1, 0.15) is 33.6 Å². The lowest BCUT2D eigenvalue weighted by molar-refractivity contribution is 0.148. The molecule has 0 fully saturated rings. The standard InChI is InChI=1S/C12H26N2O2S/c1-10(8-17-4)14-11(16)13-7-5-6-12(2,3)9-15/h10,15H,5-9H2,1-4H3,(H2,13,14,16). The molecule has 5 heteroatoms. The van der Waals surface area contributed by atoms with Crippen LogP contribution in [0.15, 0.2) is 0 Å². The molecule has 0 aromatic rings. The van der Waals surface area contributed by atoms with Gasteiger partial charge >= 0.3 is 6.03 Å². The second kappa shape index (κ2) is 8.64. The Morgan fingerprint density at radius 2 is 2.12 bits per heavy atom. The summed E-state index contributed by atoms with van der Waals surface area (Å²) >= 11 is 1.72. The van der Waals surface area contributed by atoms with Crippen molar-refractivity contribution >= 4 is 17.8 Å². The Labute approximate surface area is 109 Å². The minimum absolute atomic E-state index is 0.0513. The highest BCUT2D eigenvalue weighted by Crippen LogP contribution is 2.20. The molecular formula is C12H26N2O2S. The predicted molar refractivity (Wildman–Crippen MR) is 74.5 cm³/mol. The van der Waals surface area contributed by atoms with Crippen LogP contribution in [-0.2, 0) is 0 Å². The number of carbonyl (C=O) groups excluding carboxylic acids is 1. The van der Waals surface area contributed by atoms with Crippen molar-refractivity contribution in [3.8, 4) is 0 Å². The molecule has 0 saturated heterocycles. The molecule has 2 amide bonds. The fourth-order valence-electron chi connectivity index (χ4n) is 1.41. The van der Waals surface area contributed by atoms with E-state index in [-0.39, 0.29) is 24.1 Å². The molecule has 0 radical (unpaired) electrons. The van der Waals surface area contributed by atoms with Crippen LogP contribution in [0, 0.1) is 5.41 Å². The van der Waals surface area contributed by atoms with Gasteiger partial charge in [0.1, 0.15) is 0 Å². The molecule has 3 N–H and O–H groups in total. The molecule has 0 heterocycles. The van der Waals surface area contributed by atoms with Gasteiger partial charge in [0, 0.05) is 24.9 Å². The summed E-state index contributed by atoms with van der Waals surface area (Å²) in [6.45, 7) is 6.87. The summed E-state index contributed by atoms with van der Waals surface area (Å²) in [6, 6.07) is 0.0900. The molecule has 0 rings (SSSR count). The number of rotatable bonds is 8. The maximum atomic E-state index is 11.4. The van der Waals surface area contributed by atoms with E-state index in [1.807, 2.05) is 27.0 Å². The number of urea groups is 1. The van der Waals surface area contributed by atoms with Crippen molar-refractivity contribution in [1.82, 2.24) is 10.6 Å². The molecule has 1 atom stereocenters. The SMILES string of the molecule is CSCC(C)NC(=O)NCCCC(C)(C)CO. The third-order valence-corrected chi connectivity index (χ3v) is 3.37. The summed E-state index contributed by atoms with van der Waals surface area (Å²) in [5.41, 5.74) is -0.0513. The van der Waals surface area contributed by atoms with Gasteiger partial charge in [-0.2, -0.15) is 11.8 Å². The first-order valence-corrected chi connectivity index (χ1v) is 7.45. The maximum Gasteiger partial charge on any atom is 0.315 e. The van der Waals surface area contributed by atoms with E-state index in [9.17, 15) is 4.79 Å². The topological polar surface area (TPSA) is 61.4 Å². The Kier molecular flexibility index (Phi) is 8.43. The normalized spacial score (nSPS) is 13.2. The van der Waals surface area contributed by atoms with Crippen molar-refractivity contribution < 1.29 is 9.90 Å². The molecule has 4 nitrogen and oxygen atoms in total. The smallest absolute Gasteiger partial charge is 0.315 e. The van der Waals surface area contributed by atoms with Crippen LogP contribution >= 0.6 is 11.8 Å². The first kappa shape index (κ1) is 16.6. The minimum Gasteiger partial charge on any atom is -0.396 e. The largest absolute Gasteiger partial charge is 0.396 e.